The van der Waals surface area contributed by atoms with Gasteiger partial charge >= 0.3 is 165 Å². The van der Waals surface area contributed by atoms with Crippen LogP contribution in [0.1, 0.15) is 47.2 Å². The van der Waals surface area contributed by atoms with Crippen LogP contribution in [0.5, 0.6) is 0 Å². The summed E-state index contributed by atoms with van der Waals surface area (Å²) in [6.45, 7) is 10.4. The fourth-order valence-corrected chi connectivity index (χ4v) is 4.35. The summed E-state index contributed by atoms with van der Waals surface area (Å²) in [5.41, 5.74) is -0.984. The third-order valence-electron chi connectivity index (χ3n) is 2.95. The van der Waals surface area contributed by atoms with E-state index < -0.39 is 41.8 Å². The van der Waals surface area contributed by atoms with Crippen molar-refractivity contribution in [2.24, 2.45) is 0 Å². The van der Waals surface area contributed by atoms with Gasteiger partial charge in [0.25, 0.3) is 0 Å². The van der Waals surface area contributed by atoms with Gasteiger partial charge in [-0.25, -0.2) is 0 Å². The molecule has 0 aromatic carbocycles. The first-order valence-electron chi connectivity index (χ1n) is 8.79. The van der Waals surface area contributed by atoms with Crippen molar-refractivity contribution in [3.05, 3.63) is 11.9 Å². The van der Waals surface area contributed by atoms with Gasteiger partial charge in [-0.1, -0.05) is 0 Å². The van der Waals surface area contributed by atoms with E-state index in [0.717, 1.165) is 3.71 Å². The molecule has 9 heteroatoms. The van der Waals surface area contributed by atoms with E-state index in [-0.39, 0.29) is 12.4 Å². The molecule has 1 aromatic rings. The molecule has 1 rings (SSSR count). The molecule has 0 bridgehead atoms. The summed E-state index contributed by atoms with van der Waals surface area (Å²) in [5.74, 6) is 0.233. The molecular formula is C18H31N3O5Sn. The Kier molecular flexibility index (Phi) is 7.49. The minimum atomic E-state index is -2.52. The van der Waals surface area contributed by atoms with Crippen molar-refractivity contribution >= 4 is 40.2 Å². The number of carbonyl (C=O) groups excluding carboxylic acids is 2. The number of nitrogens with zero attached hydrogens (tertiary/aromatic N) is 2. The molecule has 0 aliphatic carbocycles. The van der Waals surface area contributed by atoms with Gasteiger partial charge in [0.15, 0.2) is 0 Å². The molecule has 0 spiro atoms. The Bertz CT molecular complexity index is 688. The second-order valence-electron chi connectivity index (χ2n) is 9.18. The van der Waals surface area contributed by atoms with Crippen LogP contribution >= 0.6 is 0 Å². The Morgan fingerprint density at radius 2 is 1.59 bits per heavy atom. The van der Waals surface area contributed by atoms with Gasteiger partial charge in [-0.3, -0.25) is 0 Å². The second-order valence-corrected chi connectivity index (χ2v) is 23.5. The SMILES string of the molecule is CC(C)(C)OC(=O)Nc1n[c]([Sn]([CH3])([CH3])[CH3])cnc1COC(=O)OC(C)(C)C. The molecule has 8 nitrogen and oxygen atoms in total. The number of anilines is 1. The normalized spacial score (nSPS) is 12.3. The van der Waals surface area contributed by atoms with E-state index in [0.29, 0.717) is 5.69 Å². The van der Waals surface area contributed by atoms with Gasteiger partial charge in [0.05, 0.1) is 0 Å². The van der Waals surface area contributed by atoms with Crippen molar-refractivity contribution in [3.8, 4) is 0 Å². The minimum absolute atomic E-state index is 0.174. The third kappa shape index (κ3) is 9.25. The molecular weight excluding hydrogens is 457 g/mol. The Labute approximate surface area is 165 Å². The summed E-state index contributed by atoms with van der Waals surface area (Å²) in [6.07, 6.45) is 0.229. The Morgan fingerprint density at radius 1 is 1.04 bits per heavy atom. The Balaban J connectivity index is 3.01. The average molecular weight is 488 g/mol. The van der Waals surface area contributed by atoms with Crippen molar-refractivity contribution in [1.82, 2.24) is 9.97 Å². The number of carbonyl (C=O) groups is 2. The van der Waals surface area contributed by atoms with Crippen molar-refractivity contribution in [1.29, 1.82) is 0 Å². The second kappa shape index (κ2) is 8.62. The number of ether oxygens (including phenoxy) is 3. The van der Waals surface area contributed by atoms with Crippen LogP contribution in [-0.4, -0.2) is 51.8 Å². The molecule has 1 N–H and O–H groups in total. The fourth-order valence-electron chi connectivity index (χ4n) is 1.79. The zero-order chi connectivity index (χ0) is 21.0. The summed E-state index contributed by atoms with van der Waals surface area (Å²) >= 11 is -2.52. The van der Waals surface area contributed by atoms with Crippen LogP contribution in [0.3, 0.4) is 0 Å². The van der Waals surface area contributed by atoms with Crippen LogP contribution in [0.15, 0.2) is 6.20 Å². The van der Waals surface area contributed by atoms with Gasteiger partial charge in [-0.15, -0.1) is 0 Å². The number of rotatable bonds is 4. The van der Waals surface area contributed by atoms with Crippen LogP contribution in [0.2, 0.25) is 14.8 Å². The molecule has 152 valence electrons. The number of nitrogens with one attached hydrogen (secondary N) is 1. The summed E-state index contributed by atoms with van der Waals surface area (Å²) in [7, 11) is 0. The van der Waals surface area contributed by atoms with Gasteiger partial charge in [0, 0.05) is 0 Å². The van der Waals surface area contributed by atoms with E-state index in [1.54, 1.807) is 47.7 Å². The summed E-state index contributed by atoms with van der Waals surface area (Å²) in [5, 5.41) is 2.62. The van der Waals surface area contributed by atoms with Crippen molar-refractivity contribution in [2.75, 3.05) is 5.32 Å². The van der Waals surface area contributed by atoms with Crippen LogP contribution in [0, 0.1) is 0 Å². The standard InChI is InChI=1S/C15H22N3O5.3CH3.Sn/c1-14(2,3)22-12(19)18-11-10(16-7-8-17-11)9-21-13(20)23-15(4,5)6;;;;/h7H,9H2,1-6H3,(H,17,18,19);3*1H3;. The van der Waals surface area contributed by atoms with E-state index in [2.05, 4.69) is 30.1 Å². The monoisotopic (exact) mass is 489 g/mol. The molecule has 1 amide bonds. The van der Waals surface area contributed by atoms with Crippen molar-refractivity contribution in [2.45, 2.75) is 74.2 Å². The van der Waals surface area contributed by atoms with Gasteiger partial charge in [0.2, 0.25) is 0 Å². The van der Waals surface area contributed by atoms with Crippen LogP contribution < -0.4 is 9.03 Å². The van der Waals surface area contributed by atoms with Gasteiger partial charge in [-0.2, -0.15) is 0 Å². The molecule has 0 aliphatic heterocycles. The zero-order valence-corrected chi connectivity index (χ0v) is 20.6. The number of amides is 1. The van der Waals surface area contributed by atoms with Crippen LogP contribution in [0.4, 0.5) is 15.4 Å². The molecule has 0 fully saturated rings. The van der Waals surface area contributed by atoms with Gasteiger partial charge < -0.3 is 0 Å². The maximum absolute atomic E-state index is 12.2. The maximum atomic E-state index is 12.2. The van der Waals surface area contributed by atoms with E-state index in [1.165, 1.54) is 0 Å². The van der Waals surface area contributed by atoms with E-state index in [4.69, 9.17) is 14.2 Å². The molecule has 27 heavy (non-hydrogen) atoms. The molecule has 0 radical (unpaired) electrons. The molecule has 0 aliphatic rings. The van der Waals surface area contributed by atoms with Gasteiger partial charge in [-0.05, 0) is 0 Å². The average Bonchev–Trinajstić information content (AvgIpc) is 2.40. The van der Waals surface area contributed by atoms with Gasteiger partial charge in [0.1, 0.15) is 0 Å². The quantitative estimate of drug-likeness (QED) is 0.508. The summed E-state index contributed by atoms with van der Waals surface area (Å²) in [4.78, 5) is 39.4. The number of aromatic nitrogens is 2. The molecule has 0 saturated heterocycles. The third-order valence-corrected chi connectivity index (χ3v) is 8.03. The van der Waals surface area contributed by atoms with Crippen LogP contribution in [0.25, 0.3) is 0 Å². The predicted octanol–water partition coefficient (Wildman–Crippen LogP) is 3.82. The molecule has 0 saturated carbocycles. The molecule has 0 unspecified atom stereocenters. The number of hydrogen-bond acceptors (Lipinski definition) is 7. The molecule has 1 heterocycles. The topological polar surface area (TPSA) is 99.6 Å². The van der Waals surface area contributed by atoms with E-state index in [1.807, 2.05) is 0 Å². The first-order valence-corrected chi connectivity index (χ1v) is 18.8. The fraction of sp³-hybridized carbons (Fsp3) is 0.667. The summed E-state index contributed by atoms with van der Waals surface area (Å²) < 4.78 is 16.4. The number of hydrogen-bond donors (Lipinski definition) is 1. The van der Waals surface area contributed by atoms with Crippen LogP contribution in [-0.2, 0) is 20.8 Å². The first kappa shape index (κ1) is 23.5. The molecule has 0 atom stereocenters. The zero-order valence-electron chi connectivity index (χ0n) is 17.7. The summed E-state index contributed by atoms with van der Waals surface area (Å²) in [6, 6.07) is 0. The van der Waals surface area contributed by atoms with E-state index >= 15 is 0 Å². The Hall–Kier alpha value is -1.58. The molecule has 1 aromatic heterocycles. The van der Waals surface area contributed by atoms with E-state index in [9.17, 15) is 9.59 Å². The predicted molar refractivity (Wildman–Crippen MR) is 106 cm³/mol. The van der Waals surface area contributed by atoms with Crippen molar-refractivity contribution < 1.29 is 23.8 Å². The van der Waals surface area contributed by atoms with Crippen molar-refractivity contribution in [3.63, 3.8) is 0 Å². The Morgan fingerprint density at radius 3 is 2.07 bits per heavy atom. The first-order chi connectivity index (χ1) is 12.1.